The highest BCUT2D eigenvalue weighted by atomic mass is 16.5. The number of carbonyl (C=O) groups is 2. The molecule has 2 aromatic carbocycles. The minimum atomic E-state index is -0.836. The van der Waals surface area contributed by atoms with E-state index in [-0.39, 0.29) is 18.0 Å². The van der Waals surface area contributed by atoms with Gasteiger partial charge in [0.05, 0.1) is 7.11 Å². The van der Waals surface area contributed by atoms with Crippen molar-refractivity contribution in [3.8, 4) is 5.75 Å². The van der Waals surface area contributed by atoms with Gasteiger partial charge in [-0.25, -0.2) is 4.79 Å². The Kier molecular flexibility index (Phi) is 5.68. The van der Waals surface area contributed by atoms with Crippen LogP contribution in [0, 0.1) is 0 Å². The second kappa shape index (κ2) is 7.99. The fourth-order valence-electron chi connectivity index (χ4n) is 3.89. The van der Waals surface area contributed by atoms with Crippen LogP contribution in [-0.4, -0.2) is 42.1 Å². The molecule has 144 valence electrons. The molecule has 3 rings (SSSR count). The minimum Gasteiger partial charge on any atom is -0.496 e. The molecule has 0 radical (unpaired) electrons. The van der Waals surface area contributed by atoms with Gasteiger partial charge in [-0.15, -0.1) is 0 Å². The molecule has 0 N–H and O–H groups in total. The third-order valence-electron chi connectivity index (χ3n) is 5.37. The molecule has 1 saturated heterocycles. The monoisotopic (exact) mass is 369 g/mol. The van der Waals surface area contributed by atoms with Gasteiger partial charge in [0, 0.05) is 12.1 Å². The molecule has 0 aromatic heterocycles. The van der Waals surface area contributed by atoms with Crippen LogP contribution in [0.4, 0.5) is 0 Å². The topological polar surface area (TPSA) is 55.8 Å². The summed E-state index contributed by atoms with van der Waals surface area (Å²) in [5, 5.41) is 1.90. The standard InChI is InChI=1S/C22H27NO4/c1-14-8-7-9-15(2)23(14)21(24)16(3)27-22(25)19-12-17-10-5-6-11-18(17)13-20(19)26-4/h5-6,10-16H,7-9H2,1-4H3/t14-,15-,16+/m0/s1. The average molecular weight is 369 g/mol. The molecule has 0 aliphatic carbocycles. The summed E-state index contributed by atoms with van der Waals surface area (Å²) in [7, 11) is 1.52. The van der Waals surface area contributed by atoms with Crippen molar-refractivity contribution >= 4 is 22.6 Å². The van der Waals surface area contributed by atoms with E-state index in [9.17, 15) is 9.59 Å². The van der Waals surface area contributed by atoms with Gasteiger partial charge in [0.25, 0.3) is 5.91 Å². The number of benzene rings is 2. The Labute approximate surface area is 160 Å². The number of fused-ring (bicyclic) bond motifs is 1. The number of carbonyl (C=O) groups excluding carboxylic acids is 2. The van der Waals surface area contributed by atoms with Crippen LogP contribution in [0.5, 0.6) is 5.75 Å². The summed E-state index contributed by atoms with van der Waals surface area (Å²) in [6.07, 6.45) is 2.25. The first-order valence-corrected chi connectivity index (χ1v) is 9.52. The predicted octanol–water partition coefficient (Wildman–Crippen LogP) is 4.18. The van der Waals surface area contributed by atoms with Gasteiger partial charge in [-0.05, 0) is 62.9 Å². The van der Waals surface area contributed by atoms with E-state index in [1.54, 1.807) is 13.0 Å². The lowest BCUT2D eigenvalue weighted by atomic mass is 9.97. The molecular weight excluding hydrogens is 342 g/mol. The number of esters is 1. The normalized spacial score (nSPS) is 21.0. The first kappa shape index (κ1) is 19.2. The highest BCUT2D eigenvalue weighted by Crippen LogP contribution is 2.28. The fourth-order valence-corrected chi connectivity index (χ4v) is 3.89. The maximum Gasteiger partial charge on any atom is 0.342 e. The van der Waals surface area contributed by atoms with Gasteiger partial charge in [-0.2, -0.15) is 0 Å². The molecule has 0 saturated carbocycles. The Hall–Kier alpha value is -2.56. The van der Waals surface area contributed by atoms with Crippen LogP contribution in [0.1, 0.15) is 50.4 Å². The van der Waals surface area contributed by atoms with Crippen molar-refractivity contribution in [1.82, 2.24) is 4.90 Å². The first-order valence-electron chi connectivity index (χ1n) is 9.52. The maximum atomic E-state index is 12.9. The third-order valence-corrected chi connectivity index (χ3v) is 5.37. The summed E-state index contributed by atoms with van der Waals surface area (Å²) in [4.78, 5) is 27.5. The Morgan fingerprint density at radius 1 is 1.07 bits per heavy atom. The number of ether oxygens (including phenoxy) is 2. The average Bonchev–Trinajstić information content (AvgIpc) is 2.66. The first-order chi connectivity index (χ1) is 12.9. The number of nitrogens with zero attached hydrogens (tertiary/aromatic N) is 1. The van der Waals surface area contributed by atoms with Crippen molar-refractivity contribution in [3.05, 3.63) is 42.0 Å². The molecule has 1 aliphatic rings. The molecule has 5 nitrogen and oxygen atoms in total. The van der Waals surface area contributed by atoms with Crippen LogP contribution in [-0.2, 0) is 9.53 Å². The van der Waals surface area contributed by atoms with Crippen LogP contribution in [0.2, 0.25) is 0 Å². The summed E-state index contributed by atoms with van der Waals surface area (Å²) in [6.45, 7) is 5.74. The van der Waals surface area contributed by atoms with Gasteiger partial charge in [-0.1, -0.05) is 24.3 Å². The molecular formula is C22H27NO4. The lowest BCUT2D eigenvalue weighted by Crippen LogP contribution is -2.51. The number of methoxy groups -OCH3 is 1. The van der Waals surface area contributed by atoms with Crippen molar-refractivity contribution in [2.45, 2.75) is 58.2 Å². The highest BCUT2D eigenvalue weighted by molar-refractivity contribution is 5.99. The van der Waals surface area contributed by atoms with E-state index in [1.807, 2.05) is 35.2 Å². The van der Waals surface area contributed by atoms with Crippen LogP contribution in [0.25, 0.3) is 10.8 Å². The molecule has 1 fully saturated rings. The number of rotatable bonds is 4. The summed E-state index contributed by atoms with van der Waals surface area (Å²) in [6, 6.07) is 11.6. The fraction of sp³-hybridized carbons (Fsp3) is 0.455. The molecule has 1 amide bonds. The Morgan fingerprint density at radius 2 is 1.67 bits per heavy atom. The Morgan fingerprint density at radius 3 is 2.26 bits per heavy atom. The summed E-state index contributed by atoms with van der Waals surface area (Å²) in [5.74, 6) is -0.239. The second-order valence-electron chi connectivity index (χ2n) is 7.32. The highest BCUT2D eigenvalue weighted by Gasteiger charge is 2.33. The molecule has 1 heterocycles. The lowest BCUT2D eigenvalue weighted by Gasteiger charge is -2.40. The maximum absolute atomic E-state index is 12.9. The van der Waals surface area contributed by atoms with Gasteiger partial charge in [-0.3, -0.25) is 4.79 Å². The molecule has 0 bridgehead atoms. The van der Waals surface area contributed by atoms with E-state index in [0.717, 1.165) is 30.0 Å². The third kappa shape index (κ3) is 3.92. The summed E-state index contributed by atoms with van der Waals surface area (Å²) < 4.78 is 10.9. The second-order valence-corrected chi connectivity index (χ2v) is 7.32. The van der Waals surface area contributed by atoms with E-state index >= 15 is 0 Å². The van der Waals surface area contributed by atoms with Gasteiger partial charge in [0.1, 0.15) is 11.3 Å². The number of likely N-dealkylation sites (tertiary alicyclic amines) is 1. The van der Waals surface area contributed by atoms with Crippen LogP contribution in [0.3, 0.4) is 0 Å². The predicted molar refractivity (Wildman–Crippen MR) is 105 cm³/mol. The zero-order valence-electron chi connectivity index (χ0n) is 16.4. The molecule has 5 heteroatoms. The number of piperidine rings is 1. The van der Waals surface area contributed by atoms with Crippen molar-refractivity contribution < 1.29 is 19.1 Å². The zero-order chi connectivity index (χ0) is 19.6. The Bertz CT molecular complexity index is 837. The van der Waals surface area contributed by atoms with Crippen molar-refractivity contribution in [3.63, 3.8) is 0 Å². The summed E-state index contributed by atoms with van der Waals surface area (Å²) >= 11 is 0. The largest absolute Gasteiger partial charge is 0.496 e. The van der Waals surface area contributed by atoms with Gasteiger partial charge in [0.15, 0.2) is 6.10 Å². The molecule has 27 heavy (non-hydrogen) atoms. The minimum absolute atomic E-state index is 0.136. The van der Waals surface area contributed by atoms with E-state index in [1.165, 1.54) is 7.11 Å². The number of hydrogen-bond donors (Lipinski definition) is 0. The van der Waals surface area contributed by atoms with E-state index in [0.29, 0.717) is 11.3 Å². The zero-order valence-corrected chi connectivity index (χ0v) is 16.4. The van der Waals surface area contributed by atoms with E-state index in [4.69, 9.17) is 9.47 Å². The van der Waals surface area contributed by atoms with Crippen LogP contribution >= 0.6 is 0 Å². The quantitative estimate of drug-likeness (QED) is 0.759. The molecule has 1 aliphatic heterocycles. The molecule has 0 spiro atoms. The summed E-state index contributed by atoms with van der Waals surface area (Å²) in [5.41, 5.74) is 0.329. The smallest absolute Gasteiger partial charge is 0.342 e. The molecule has 2 aromatic rings. The van der Waals surface area contributed by atoms with Crippen molar-refractivity contribution in [2.75, 3.05) is 7.11 Å². The van der Waals surface area contributed by atoms with Crippen LogP contribution < -0.4 is 4.74 Å². The van der Waals surface area contributed by atoms with Gasteiger partial charge >= 0.3 is 5.97 Å². The SMILES string of the molecule is COc1cc2ccccc2cc1C(=O)O[C@H](C)C(=O)N1[C@@H](C)CCC[C@@H]1C. The molecule has 3 atom stereocenters. The number of amides is 1. The van der Waals surface area contributed by atoms with Crippen molar-refractivity contribution in [1.29, 1.82) is 0 Å². The van der Waals surface area contributed by atoms with Gasteiger partial charge in [0.2, 0.25) is 0 Å². The van der Waals surface area contributed by atoms with Crippen molar-refractivity contribution in [2.24, 2.45) is 0 Å². The Balaban J connectivity index is 1.80. The van der Waals surface area contributed by atoms with E-state index in [2.05, 4.69) is 13.8 Å². The van der Waals surface area contributed by atoms with E-state index < -0.39 is 12.1 Å². The molecule has 0 unspecified atom stereocenters. The lowest BCUT2D eigenvalue weighted by molar-refractivity contribution is -0.146. The number of hydrogen-bond acceptors (Lipinski definition) is 4. The van der Waals surface area contributed by atoms with Gasteiger partial charge < -0.3 is 14.4 Å². The van der Waals surface area contributed by atoms with Crippen LogP contribution in [0.15, 0.2) is 36.4 Å².